The van der Waals surface area contributed by atoms with Gasteiger partial charge in [0.1, 0.15) is 5.76 Å². The van der Waals surface area contributed by atoms with Crippen LogP contribution in [0.3, 0.4) is 0 Å². The van der Waals surface area contributed by atoms with Crippen LogP contribution in [0.2, 0.25) is 0 Å². The first-order chi connectivity index (χ1) is 4.75. The van der Waals surface area contributed by atoms with E-state index in [2.05, 4.69) is 19.9 Å². The Morgan fingerprint density at radius 3 is 2.50 bits per heavy atom. The number of methoxy groups -OCH3 is 1. The Morgan fingerprint density at radius 1 is 1.40 bits per heavy atom. The fraction of sp³-hybridized carbons (Fsp3) is 0.556. The highest BCUT2D eigenvalue weighted by Crippen LogP contribution is 2.24. The Morgan fingerprint density at radius 2 is 2.10 bits per heavy atom. The van der Waals surface area contributed by atoms with Gasteiger partial charge in [-0.2, -0.15) is 0 Å². The molecule has 0 atom stereocenters. The van der Waals surface area contributed by atoms with E-state index in [1.165, 1.54) is 17.6 Å². The van der Waals surface area contributed by atoms with Gasteiger partial charge in [-0.25, -0.2) is 0 Å². The lowest BCUT2D eigenvalue weighted by atomic mass is 10.00. The third-order valence-corrected chi connectivity index (χ3v) is 1.92. The molecule has 0 saturated heterocycles. The molecule has 1 rings (SSSR count). The molecule has 1 aliphatic rings. The van der Waals surface area contributed by atoms with Gasteiger partial charge in [-0.05, 0) is 37.8 Å². The van der Waals surface area contributed by atoms with Crippen LogP contribution in [0.1, 0.15) is 26.7 Å². The van der Waals surface area contributed by atoms with Crippen molar-refractivity contribution in [1.82, 2.24) is 0 Å². The molecule has 0 spiro atoms. The number of allylic oxidation sites excluding steroid dienone is 3. The molecular weight excluding hydrogens is 124 g/mol. The smallest absolute Gasteiger partial charge is 0.120 e. The normalized spacial score (nSPS) is 18.9. The first kappa shape index (κ1) is 7.39. The molecular formula is C9H14O. The van der Waals surface area contributed by atoms with Gasteiger partial charge in [-0.15, -0.1) is 0 Å². The molecule has 0 aromatic carbocycles. The average molecular weight is 138 g/mol. The standard InChI is InChI=1S/C9H14O/c1-7-5-4-6-8(2)9(7)10-3/h5H,4,6H2,1-3H3. The monoisotopic (exact) mass is 138 g/mol. The molecule has 0 bridgehead atoms. The van der Waals surface area contributed by atoms with Crippen LogP contribution >= 0.6 is 0 Å². The number of hydrogen-bond donors (Lipinski definition) is 0. The second-order valence-corrected chi connectivity index (χ2v) is 2.74. The lowest BCUT2D eigenvalue weighted by Crippen LogP contribution is -1.98. The van der Waals surface area contributed by atoms with Gasteiger partial charge < -0.3 is 4.74 Å². The van der Waals surface area contributed by atoms with Crippen LogP contribution in [0.4, 0.5) is 0 Å². The molecule has 1 nitrogen and oxygen atoms in total. The summed E-state index contributed by atoms with van der Waals surface area (Å²) in [5.41, 5.74) is 2.66. The van der Waals surface area contributed by atoms with Gasteiger partial charge in [0.05, 0.1) is 7.11 Å². The topological polar surface area (TPSA) is 9.23 Å². The van der Waals surface area contributed by atoms with Crippen molar-refractivity contribution in [1.29, 1.82) is 0 Å². The number of rotatable bonds is 1. The minimum atomic E-state index is 1.09. The maximum absolute atomic E-state index is 5.23. The summed E-state index contributed by atoms with van der Waals surface area (Å²) in [6.45, 7) is 4.23. The highest BCUT2D eigenvalue weighted by atomic mass is 16.5. The molecule has 0 heterocycles. The molecule has 0 radical (unpaired) electrons. The molecule has 0 amide bonds. The predicted molar refractivity (Wildman–Crippen MR) is 42.7 cm³/mol. The van der Waals surface area contributed by atoms with Crippen molar-refractivity contribution in [3.63, 3.8) is 0 Å². The van der Waals surface area contributed by atoms with Crippen LogP contribution in [0.5, 0.6) is 0 Å². The third kappa shape index (κ3) is 1.23. The summed E-state index contributed by atoms with van der Waals surface area (Å²) >= 11 is 0. The van der Waals surface area contributed by atoms with Gasteiger partial charge in [0.15, 0.2) is 0 Å². The molecule has 56 valence electrons. The molecule has 0 aromatic rings. The van der Waals surface area contributed by atoms with E-state index in [1.54, 1.807) is 7.11 Å². The fourth-order valence-corrected chi connectivity index (χ4v) is 1.38. The fourth-order valence-electron chi connectivity index (χ4n) is 1.38. The third-order valence-electron chi connectivity index (χ3n) is 1.92. The van der Waals surface area contributed by atoms with E-state index in [9.17, 15) is 0 Å². The zero-order valence-electron chi connectivity index (χ0n) is 6.90. The van der Waals surface area contributed by atoms with Gasteiger partial charge in [-0.3, -0.25) is 0 Å². The van der Waals surface area contributed by atoms with Crippen LogP contribution < -0.4 is 0 Å². The van der Waals surface area contributed by atoms with Crippen molar-refractivity contribution in [2.24, 2.45) is 0 Å². The number of hydrogen-bond acceptors (Lipinski definition) is 1. The zero-order chi connectivity index (χ0) is 7.56. The highest BCUT2D eigenvalue weighted by Gasteiger charge is 2.08. The molecule has 0 unspecified atom stereocenters. The van der Waals surface area contributed by atoms with Gasteiger partial charge in [0.25, 0.3) is 0 Å². The summed E-state index contributed by atoms with van der Waals surface area (Å²) in [5.74, 6) is 1.09. The van der Waals surface area contributed by atoms with Crippen molar-refractivity contribution in [2.75, 3.05) is 7.11 Å². The molecule has 1 aliphatic carbocycles. The van der Waals surface area contributed by atoms with E-state index in [-0.39, 0.29) is 0 Å². The van der Waals surface area contributed by atoms with Crippen molar-refractivity contribution < 1.29 is 4.74 Å². The molecule has 0 aromatic heterocycles. The average Bonchev–Trinajstić information content (AvgIpc) is 1.88. The van der Waals surface area contributed by atoms with Crippen molar-refractivity contribution >= 4 is 0 Å². The van der Waals surface area contributed by atoms with Crippen LogP contribution in [0.15, 0.2) is 23.0 Å². The van der Waals surface area contributed by atoms with Crippen molar-refractivity contribution in [3.05, 3.63) is 23.0 Å². The summed E-state index contributed by atoms with van der Waals surface area (Å²) in [4.78, 5) is 0. The first-order valence-electron chi connectivity index (χ1n) is 3.66. The van der Waals surface area contributed by atoms with Crippen LogP contribution in [-0.4, -0.2) is 7.11 Å². The lowest BCUT2D eigenvalue weighted by Gasteiger charge is -2.15. The summed E-state index contributed by atoms with van der Waals surface area (Å²) in [6.07, 6.45) is 4.55. The van der Waals surface area contributed by atoms with Crippen molar-refractivity contribution in [3.8, 4) is 0 Å². The van der Waals surface area contributed by atoms with E-state index in [1.807, 2.05) is 0 Å². The van der Waals surface area contributed by atoms with Gasteiger partial charge in [-0.1, -0.05) is 6.08 Å². The molecule has 0 fully saturated rings. The summed E-state index contributed by atoms with van der Waals surface area (Å²) in [6, 6.07) is 0. The van der Waals surface area contributed by atoms with Gasteiger partial charge in [0.2, 0.25) is 0 Å². The minimum absolute atomic E-state index is 1.09. The van der Waals surface area contributed by atoms with Crippen LogP contribution in [-0.2, 0) is 4.74 Å². The lowest BCUT2D eigenvalue weighted by molar-refractivity contribution is 0.292. The van der Waals surface area contributed by atoms with Crippen LogP contribution in [0, 0.1) is 0 Å². The van der Waals surface area contributed by atoms with Gasteiger partial charge >= 0.3 is 0 Å². The number of ether oxygens (including phenoxy) is 1. The molecule has 0 N–H and O–H groups in total. The van der Waals surface area contributed by atoms with Gasteiger partial charge in [0, 0.05) is 0 Å². The SMILES string of the molecule is COC1=C(C)CCC=C1C. The highest BCUT2D eigenvalue weighted by molar-refractivity contribution is 5.31. The van der Waals surface area contributed by atoms with E-state index in [0.29, 0.717) is 0 Å². The largest absolute Gasteiger partial charge is 0.497 e. The Hall–Kier alpha value is -0.720. The Balaban J connectivity index is 2.87. The summed E-state index contributed by atoms with van der Waals surface area (Å²) < 4.78 is 5.23. The van der Waals surface area contributed by atoms with E-state index in [0.717, 1.165) is 12.2 Å². The van der Waals surface area contributed by atoms with Crippen LogP contribution in [0.25, 0.3) is 0 Å². The Labute approximate surface area is 62.4 Å². The van der Waals surface area contributed by atoms with E-state index < -0.39 is 0 Å². The quantitative estimate of drug-likeness (QED) is 0.541. The minimum Gasteiger partial charge on any atom is -0.497 e. The Bertz CT molecular complexity index is 187. The zero-order valence-corrected chi connectivity index (χ0v) is 6.90. The predicted octanol–water partition coefficient (Wildman–Crippen LogP) is 2.65. The molecule has 10 heavy (non-hydrogen) atoms. The second-order valence-electron chi connectivity index (χ2n) is 2.74. The second kappa shape index (κ2) is 2.91. The molecule has 0 saturated carbocycles. The Kier molecular flexibility index (Phi) is 2.15. The maximum Gasteiger partial charge on any atom is 0.120 e. The van der Waals surface area contributed by atoms with E-state index in [4.69, 9.17) is 4.74 Å². The molecule has 1 heteroatoms. The van der Waals surface area contributed by atoms with E-state index >= 15 is 0 Å². The summed E-state index contributed by atoms with van der Waals surface area (Å²) in [5, 5.41) is 0. The summed E-state index contributed by atoms with van der Waals surface area (Å²) in [7, 11) is 1.74. The molecule has 0 aliphatic heterocycles. The maximum atomic E-state index is 5.23. The first-order valence-corrected chi connectivity index (χ1v) is 3.66. The van der Waals surface area contributed by atoms with Crippen molar-refractivity contribution in [2.45, 2.75) is 26.7 Å².